The first kappa shape index (κ1) is 48.1. The van der Waals surface area contributed by atoms with Crippen LogP contribution in [0.25, 0.3) is 0 Å². The Hall–Kier alpha value is -5.89. The van der Waals surface area contributed by atoms with E-state index in [-0.39, 0.29) is 36.6 Å². The molecule has 3 aromatic carbocycles. The molecule has 3 saturated heterocycles. The number of carbonyl (C=O) groups is 4. The number of thiocarbonyl (C=S) groups is 1. The number of anilines is 2. The Labute approximate surface area is 388 Å². The van der Waals surface area contributed by atoms with Crippen LogP contribution >= 0.6 is 12.2 Å². The zero-order chi connectivity index (χ0) is 46.7. The number of nitrogens with one attached hydrogen (secondary N) is 1. The van der Waals surface area contributed by atoms with Crippen LogP contribution in [0.4, 0.5) is 11.6 Å². The van der Waals surface area contributed by atoms with Gasteiger partial charge in [0.25, 0.3) is 0 Å². The number of aliphatic hydroxyl groups excluding tert-OH is 1. The molecule has 1 aromatic heterocycles. The summed E-state index contributed by atoms with van der Waals surface area (Å²) in [5.74, 6) is -2.26. The summed E-state index contributed by atoms with van der Waals surface area (Å²) in [6.45, 7) is 7.97. The fourth-order valence-corrected chi connectivity index (χ4v) is 8.93. The fraction of sp³-hybridized carbons (Fsp3) is 0.438. The first-order valence-electron chi connectivity index (χ1n) is 21.8. The second-order valence-electron chi connectivity index (χ2n) is 16.4. The van der Waals surface area contributed by atoms with E-state index in [1.807, 2.05) is 72.8 Å². The second kappa shape index (κ2) is 22.5. The maximum absolute atomic E-state index is 12.4. The maximum Gasteiger partial charge on any atom is 0.303 e. The highest BCUT2D eigenvalue weighted by atomic mass is 32.1. The van der Waals surface area contributed by atoms with E-state index in [2.05, 4.69) is 37.2 Å². The average molecular weight is 926 g/mol. The molecule has 3 fully saturated rings. The highest BCUT2D eigenvalue weighted by molar-refractivity contribution is 7.80. The zero-order valence-electron chi connectivity index (χ0n) is 37.2. The third-order valence-corrected chi connectivity index (χ3v) is 11.8. The highest BCUT2D eigenvalue weighted by Crippen LogP contribution is 2.47. The first-order chi connectivity index (χ1) is 31.8. The average Bonchev–Trinajstić information content (AvgIpc) is 3.30. The van der Waals surface area contributed by atoms with E-state index in [4.69, 9.17) is 45.4 Å². The van der Waals surface area contributed by atoms with Crippen molar-refractivity contribution in [2.24, 2.45) is 0 Å². The Kier molecular flexibility index (Phi) is 16.4. The molecule has 3 aliphatic heterocycles. The quantitative estimate of drug-likeness (QED) is 0.0919. The van der Waals surface area contributed by atoms with Gasteiger partial charge < -0.3 is 48.5 Å². The summed E-state index contributed by atoms with van der Waals surface area (Å²) < 4.78 is 42.3. The van der Waals surface area contributed by atoms with Crippen molar-refractivity contribution in [3.63, 3.8) is 0 Å². The van der Waals surface area contributed by atoms with Crippen LogP contribution in [0.1, 0.15) is 74.7 Å². The van der Waals surface area contributed by atoms with Crippen LogP contribution in [0, 0.1) is 0 Å². The lowest BCUT2D eigenvalue weighted by atomic mass is 9.83. The number of rotatable bonds is 15. The third kappa shape index (κ3) is 12.5. The van der Waals surface area contributed by atoms with Crippen LogP contribution < -0.4 is 10.2 Å². The molecule has 2 N–H and O–H groups in total. The molecule has 0 spiro atoms. The van der Waals surface area contributed by atoms with Crippen molar-refractivity contribution in [3.8, 4) is 0 Å². The summed E-state index contributed by atoms with van der Waals surface area (Å²) in [5.41, 5.74) is 4.10. The number of esters is 4. The molecule has 17 nitrogen and oxygen atoms in total. The normalized spacial score (nSPS) is 25.5. The topological polar surface area (TPSA) is 197 Å². The number of aliphatic hydroxyl groups is 1. The van der Waals surface area contributed by atoms with Gasteiger partial charge in [-0.2, -0.15) is 0 Å². The van der Waals surface area contributed by atoms with E-state index < -0.39 is 66.8 Å². The minimum absolute atomic E-state index is 0.0501. The molecule has 66 heavy (non-hydrogen) atoms. The smallest absolute Gasteiger partial charge is 0.303 e. The zero-order valence-corrected chi connectivity index (χ0v) is 38.0. The van der Waals surface area contributed by atoms with Gasteiger partial charge in [-0.05, 0) is 34.9 Å². The molecular weight excluding hydrogens is 871 g/mol. The van der Waals surface area contributed by atoms with Crippen molar-refractivity contribution in [2.45, 2.75) is 95.7 Å². The van der Waals surface area contributed by atoms with Gasteiger partial charge in [0.2, 0.25) is 5.95 Å². The Balaban J connectivity index is 1.14. The molecule has 3 aliphatic rings. The van der Waals surface area contributed by atoms with E-state index in [9.17, 15) is 24.3 Å². The number of benzene rings is 3. The largest absolute Gasteiger partial charge is 0.463 e. The summed E-state index contributed by atoms with van der Waals surface area (Å²) in [6, 6.07) is 27.3. The Bertz CT molecular complexity index is 2280. The molecule has 9 atom stereocenters. The van der Waals surface area contributed by atoms with Crippen molar-refractivity contribution in [1.29, 1.82) is 0 Å². The van der Waals surface area contributed by atoms with Crippen LogP contribution in [0.5, 0.6) is 0 Å². The molecule has 0 radical (unpaired) electrons. The molecule has 18 heteroatoms. The van der Waals surface area contributed by atoms with E-state index >= 15 is 0 Å². The summed E-state index contributed by atoms with van der Waals surface area (Å²) in [5, 5.41) is 13.1. The number of hydrogen-bond donors (Lipinski definition) is 2. The van der Waals surface area contributed by atoms with E-state index in [1.54, 1.807) is 12.4 Å². The molecular formula is C48H55N5O12S. The van der Waals surface area contributed by atoms with Crippen LogP contribution in [0.3, 0.4) is 0 Å². The Morgan fingerprint density at radius 3 is 1.97 bits per heavy atom. The first-order valence-corrected chi connectivity index (χ1v) is 22.3. The van der Waals surface area contributed by atoms with Crippen LogP contribution in [-0.2, 0) is 58.9 Å². The van der Waals surface area contributed by atoms with Crippen molar-refractivity contribution in [3.05, 3.63) is 120 Å². The molecule has 4 heterocycles. The van der Waals surface area contributed by atoms with Crippen LogP contribution in [-0.4, -0.2) is 125 Å². The number of nitrogens with zero attached hydrogens (tertiary/aromatic N) is 4. The summed E-state index contributed by atoms with van der Waals surface area (Å²) in [6.07, 6.45) is -4.12. The number of hydrogen-bond acceptors (Lipinski definition) is 17. The fourth-order valence-electron chi connectivity index (χ4n) is 8.64. The van der Waals surface area contributed by atoms with Gasteiger partial charge in [0.1, 0.15) is 18.8 Å². The number of carbonyl (C=O) groups excluding carboxylic acids is 4. The molecule has 0 aliphatic carbocycles. The van der Waals surface area contributed by atoms with Gasteiger partial charge in [-0.25, -0.2) is 9.97 Å². The monoisotopic (exact) mass is 925 g/mol. The van der Waals surface area contributed by atoms with Gasteiger partial charge in [-0.3, -0.25) is 24.1 Å². The van der Waals surface area contributed by atoms with Gasteiger partial charge in [-0.1, -0.05) is 78.9 Å². The third-order valence-electron chi connectivity index (χ3n) is 11.5. The van der Waals surface area contributed by atoms with Gasteiger partial charge in [0, 0.05) is 96.4 Å². The van der Waals surface area contributed by atoms with E-state index in [0.717, 1.165) is 48.4 Å². The van der Waals surface area contributed by atoms with Crippen LogP contribution in [0.15, 0.2) is 97.3 Å². The lowest BCUT2D eigenvalue weighted by molar-refractivity contribution is -0.263. The lowest BCUT2D eigenvalue weighted by Gasteiger charge is -2.45. The van der Waals surface area contributed by atoms with Gasteiger partial charge in [0.15, 0.2) is 24.6 Å². The maximum atomic E-state index is 12.4. The minimum Gasteiger partial charge on any atom is -0.463 e. The molecule has 4 aromatic rings. The Morgan fingerprint density at radius 2 is 1.33 bits per heavy atom. The molecule has 0 bridgehead atoms. The number of aromatic nitrogens is 2. The minimum atomic E-state index is -1.32. The number of piperazine rings is 1. The predicted octanol–water partition coefficient (Wildman–Crippen LogP) is 4.99. The highest BCUT2D eigenvalue weighted by Gasteiger charge is 2.52. The molecule has 7 rings (SSSR count). The van der Waals surface area contributed by atoms with Gasteiger partial charge in [-0.15, -0.1) is 0 Å². The molecule has 0 saturated carbocycles. The SMILES string of the molecule is CC(=O)OC[C@H]1O[C@@H](CC(=S)Nc2cccc(C3O[C@H](CN4CCN(c5ncccn5)CC4)[C@@H](c4ccccc4)[C@H](c4ccc(CO)cc4)O3)c2)[C@H](OC(C)=O)[C@@H](OC(C)=O)[C@@H]1OC(C)=O. The van der Waals surface area contributed by atoms with Crippen molar-refractivity contribution < 1.29 is 57.4 Å². The lowest BCUT2D eigenvalue weighted by Crippen LogP contribution is -2.62. The van der Waals surface area contributed by atoms with Crippen molar-refractivity contribution in [2.75, 3.05) is 49.5 Å². The van der Waals surface area contributed by atoms with E-state index in [1.165, 1.54) is 27.7 Å². The Morgan fingerprint density at radius 1 is 0.697 bits per heavy atom. The predicted molar refractivity (Wildman–Crippen MR) is 243 cm³/mol. The molecule has 0 amide bonds. The summed E-state index contributed by atoms with van der Waals surface area (Å²) in [7, 11) is 0. The van der Waals surface area contributed by atoms with Crippen molar-refractivity contribution in [1.82, 2.24) is 14.9 Å². The van der Waals surface area contributed by atoms with E-state index in [0.29, 0.717) is 18.2 Å². The van der Waals surface area contributed by atoms with Crippen LogP contribution in [0.2, 0.25) is 0 Å². The molecule has 1 unspecified atom stereocenters. The van der Waals surface area contributed by atoms with Gasteiger partial charge >= 0.3 is 23.9 Å². The number of ether oxygens (including phenoxy) is 7. The second-order valence-corrected chi connectivity index (χ2v) is 16.8. The molecule has 350 valence electrons. The standard InChI is InChI=1S/C48H55N5O12S/c1-29(55)59-28-40-45(61-31(3)57)46(62-32(4)58)44(60-30(2)56)38(63-40)25-41(66)51-37-13-8-12-36(24-37)47-64-39(26-52-20-22-53(23-21-52)48-49-18-9-19-50-48)42(34-10-6-5-7-11-34)43(65-47)35-16-14-33(27-54)15-17-35/h5-19,24,38-40,42-47,54H,20-23,25-28H2,1-4H3,(H,51,66)/t38-,39+,40+,42+,43-,44-,45+,46+,47?/m0/s1. The summed E-state index contributed by atoms with van der Waals surface area (Å²) >= 11 is 5.87. The van der Waals surface area contributed by atoms with Gasteiger partial charge in [0.05, 0.1) is 23.8 Å². The van der Waals surface area contributed by atoms with Crippen molar-refractivity contribution >= 4 is 52.7 Å². The summed E-state index contributed by atoms with van der Waals surface area (Å²) in [4.78, 5) is 62.6.